The maximum absolute atomic E-state index is 13.0. The molecule has 9 nitrogen and oxygen atoms in total. The van der Waals surface area contributed by atoms with E-state index in [9.17, 15) is 18.0 Å². The summed E-state index contributed by atoms with van der Waals surface area (Å²) in [5, 5.41) is 0.568. The average Bonchev–Trinajstić information content (AvgIpc) is 2.79. The van der Waals surface area contributed by atoms with Gasteiger partial charge in [-0.05, 0) is 64.4 Å². The lowest BCUT2D eigenvalue weighted by Gasteiger charge is -2.32. The number of nitrogens with zero attached hydrogens (tertiary/aromatic N) is 1. The highest BCUT2D eigenvalue weighted by Crippen LogP contribution is 2.35. The van der Waals surface area contributed by atoms with E-state index in [-0.39, 0.29) is 30.2 Å². The first-order valence-electron chi connectivity index (χ1n) is 9.70. The molecule has 34 heavy (non-hydrogen) atoms. The fraction of sp³-hybridized carbons (Fsp3) is 0.200. The molecule has 2 N–H and O–H groups in total. The lowest BCUT2D eigenvalue weighted by atomic mass is 10.00. The maximum Gasteiger partial charge on any atom is 0.337 e. The van der Waals surface area contributed by atoms with Crippen molar-refractivity contribution in [2.45, 2.75) is 19.5 Å². The van der Waals surface area contributed by atoms with E-state index in [2.05, 4.69) is 10.2 Å². The second-order valence-electron chi connectivity index (χ2n) is 6.88. The molecule has 182 valence electrons. The molecule has 3 rings (SSSR count). The molecule has 1 amide bonds. The van der Waals surface area contributed by atoms with E-state index in [1.807, 2.05) is 22.0 Å². The molecule has 0 spiro atoms. The Hall–Kier alpha value is -1.47. The number of halogens is 3. The zero-order valence-electron chi connectivity index (χ0n) is 17.5. The van der Waals surface area contributed by atoms with Gasteiger partial charge in [0.2, 0.25) is 0 Å². The second-order valence-corrected chi connectivity index (χ2v) is 11.1. The molecular formula is C20H19Cl2IN3O6PS. The van der Waals surface area contributed by atoms with Gasteiger partial charge in [-0.15, -0.1) is 0 Å². The van der Waals surface area contributed by atoms with Gasteiger partial charge in [0, 0.05) is 21.8 Å². The van der Waals surface area contributed by atoms with Crippen LogP contribution in [0.15, 0.2) is 54.2 Å². The Bertz CT molecular complexity index is 1210. The van der Waals surface area contributed by atoms with E-state index >= 15 is 0 Å². The number of amides is 1. The lowest BCUT2D eigenvalue weighted by molar-refractivity contribution is -0.139. The summed E-state index contributed by atoms with van der Waals surface area (Å²) in [7, 11) is -4.06. The minimum atomic E-state index is -4.06. The number of carbonyl (C=O) groups excluding carboxylic acids is 2. The van der Waals surface area contributed by atoms with Crippen LogP contribution in [-0.4, -0.2) is 31.2 Å². The van der Waals surface area contributed by atoms with Crippen molar-refractivity contribution >= 4 is 73.8 Å². The highest BCUT2D eigenvalue weighted by atomic mass is 127. The molecule has 0 fully saturated rings. The minimum absolute atomic E-state index is 0.0636. The first-order valence-corrected chi connectivity index (χ1v) is 15.9. The summed E-state index contributed by atoms with van der Waals surface area (Å²) >= 11 is 14.2. The molecule has 2 unspecified atom stereocenters. The molecule has 0 bridgehead atoms. The zero-order valence-corrected chi connectivity index (χ0v) is 23.0. The molecule has 0 saturated heterocycles. The van der Waals surface area contributed by atoms with E-state index in [0.717, 1.165) is 4.31 Å². The van der Waals surface area contributed by atoms with Crippen LogP contribution in [0.3, 0.4) is 0 Å². The monoisotopic (exact) mass is 657 g/mol. The van der Waals surface area contributed by atoms with Gasteiger partial charge in [-0.1, -0.05) is 41.4 Å². The van der Waals surface area contributed by atoms with Gasteiger partial charge in [-0.2, -0.15) is 13.1 Å². The summed E-state index contributed by atoms with van der Waals surface area (Å²) in [5.74, 6) is -1.11. The molecule has 2 atom stereocenters. The fourth-order valence-corrected chi connectivity index (χ4v) is 5.37. The van der Waals surface area contributed by atoms with Gasteiger partial charge in [0.15, 0.2) is 0 Å². The SMILES string of the molecule is CCOC(=O)C1=CN(Cc2ccc(C(=O)NOPI)cc2)S(=O)(=O)NC1c1ccc(Cl)cc1Cl. The number of hydroxylamine groups is 1. The van der Waals surface area contributed by atoms with Crippen LogP contribution in [0.25, 0.3) is 0 Å². The molecule has 0 radical (unpaired) electrons. The van der Waals surface area contributed by atoms with Crippen molar-refractivity contribution in [2.24, 2.45) is 0 Å². The van der Waals surface area contributed by atoms with Gasteiger partial charge in [0.05, 0.1) is 24.8 Å². The minimum Gasteiger partial charge on any atom is -0.463 e. The molecule has 1 aliphatic rings. The topological polar surface area (TPSA) is 114 Å². The predicted octanol–water partition coefficient (Wildman–Crippen LogP) is 4.44. The van der Waals surface area contributed by atoms with Crippen molar-refractivity contribution in [1.29, 1.82) is 0 Å². The van der Waals surface area contributed by atoms with Gasteiger partial charge in [0.1, 0.15) is 6.45 Å². The third kappa shape index (κ3) is 6.60. The van der Waals surface area contributed by atoms with E-state index < -0.39 is 28.1 Å². The van der Waals surface area contributed by atoms with Gasteiger partial charge in [-0.25, -0.2) is 14.9 Å². The number of esters is 1. The van der Waals surface area contributed by atoms with Gasteiger partial charge in [-0.3, -0.25) is 9.10 Å². The summed E-state index contributed by atoms with van der Waals surface area (Å²) in [6.45, 7) is 1.73. The van der Waals surface area contributed by atoms with Crippen LogP contribution in [-0.2, 0) is 30.9 Å². The molecule has 0 aromatic heterocycles. The Morgan fingerprint density at radius 3 is 2.53 bits per heavy atom. The van der Waals surface area contributed by atoms with Gasteiger partial charge in [0.25, 0.3) is 5.91 Å². The van der Waals surface area contributed by atoms with Crippen LogP contribution >= 0.6 is 51.7 Å². The number of rotatable bonds is 8. The zero-order chi connectivity index (χ0) is 24.9. The van der Waals surface area contributed by atoms with E-state index in [0.29, 0.717) is 21.7 Å². The molecule has 2 aromatic rings. The molecule has 2 aromatic carbocycles. The molecule has 0 saturated carbocycles. The van der Waals surface area contributed by atoms with Crippen molar-refractivity contribution in [3.63, 3.8) is 0 Å². The Kier molecular flexibility index (Phi) is 9.56. The van der Waals surface area contributed by atoms with Crippen LogP contribution < -0.4 is 10.2 Å². The van der Waals surface area contributed by atoms with Crippen LogP contribution in [0.5, 0.6) is 0 Å². The predicted molar refractivity (Wildman–Crippen MR) is 139 cm³/mol. The summed E-state index contributed by atoms with van der Waals surface area (Å²) in [5.41, 5.74) is 3.64. The lowest BCUT2D eigenvalue weighted by Crippen LogP contribution is -2.45. The molecule has 1 heterocycles. The summed E-state index contributed by atoms with van der Waals surface area (Å²) in [4.78, 5) is 24.7. The summed E-state index contributed by atoms with van der Waals surface area (Å²) in [6, 6.07) is 9.80. The molecule has 0 aliphatic carbocycles. The van der Waals surface area contributed by atoms with Crippen LogP contribution in [0.2, 0.25) is 10.0 Å². The van der Waals surface area contributed by atoms with Crippen molar-refractivity contribution in [2.75, 3.05) is 6.61 Å². The largest absolute Gasteiger partial charge is 0.463 e. The van der Waals surface area contributed by atoms with Crippen LogP contribution in [0.4, 0.5) is 0 Å². The molecule has 1 aliphatic heterocycles. The normalized spacial score (nSPS) is 17.5. The fourth-order valence-electron chi connectivity index (χ4n) is 3.13. The number of hydrogen-bond donors (Lipinski definition) is 2. The maximum atomic E-state index is 13.0. The Morgan fingerprint density at radius 2 is 1.91 bits per heavy atom. The van der Waals surface area contributed by atoms with Crippen molar-refractivity contribution in [3.05, 3.63) is 81.0 Å². The number of carbonyl (C=O) groups is 2. The smallest absolute Gasteiger partial charge is 0.337 e. The van der Waals surface area contributed by atoms with Crippen LogP contribution in [0, 0.1) is 0 Å². The molecule has 14 heteroatoms. The third-order valence-electron chi connectivity index (χ3n) is 4.69. The number of ether oxygens (including phenoxy) is 1. The van der Waals surface area contributed by atoms with Crippen molar-refractivity contribution < 1.29 is 27.4 Å². The third-order valence-corrected chi connectivity index (χ3v) is 7.48. The Morgan fingerprint density at radius 1 is 1.21 bits per heavy atom. The second kappa shape index (κ2) is 12.0. The number of hydrogen-bond acceptors (Lipinski definition) is 6. The summed E-state index contributed by atoms with van der Waals surface area (Å²) < 4.78 is 39.6. The van der Waals surface area contributed by atoms with Gasteiger partial charge < -0.3 is 4.74 Å². The first-order chi connectivity index (χ1) is 16.2. The number of benzene rings is 2. The highest BCUT2D eigenvalue weighted by Gasteiger charge is 2.37. The van der Waals surface area contributed by atoms with Crippen LogP contribution in [0.1, 0.15) is 34.5 Å². The van der Waals surface area contributed by atoms with E-state index in [1.54, 1.807) is 43.3 Å². The Labute approximate surface area is 221 Å². The number of nitrogens with one attached hydrogen (secondary N) is 2. The summed E-state index contributed by atoms with van der Waals surface area (Å²) in [6.07, 6.45) is 1.23. The molecular weight excluding hydrogens is 639 g/mol. The quantitative estimate of drug-likeness (QED) is 0.188. The first kappa shape index (κ1) is 27.1. The standard InChI is InChI=1S/C20H19Cl2IN3O6PS/c1-2-31-20(28)16-11-26(10-12-3-5-13(6-4-12)19(27)24-32-33-23)34(29,30)25-18(16)15-8-7-14(21)9-17(15)22/h3-9,11,18,25,33H,2,10H2,1H3,(H,24,27). The van der Waals surface area contributed by atoms with E-state index in [1.165, 1.54) is 12.3 Å². The Balaban J connectivity index is 1.92. The van der Waals surface area contributed by atoms with E-state index in [4.69, 9.17) is 32.6 Å². The average molecular weight is 658 g/mol. The van der Waals surface area contributed by atoms with Crippen molar-refractivity contribution in [3.8, 4) is 0 Å². The van der Waals surface area contributed by atoms with Crippen molar-refractivity contribution in [1.82, 2.24) is 14.5 Å². The van der Waals surface area contributed by atoms with Gasteiger partial charge >= 0.3 is 16.2 Å². The highest BCUT2D eigenvalue weighted by molar-refractivity contribution is 14.2.